The molecule has 0 saturated heterocycles. The van der Waals surface area contributed by atoms with Crippen molar-refractivity contribution in [3.63, 3.8) is 0 Å². The van der Waals surface area contributed by atoms with Crippen LogP contribution in [0.2, 0.25) is 0 Å². The SMILES string of the molecule is Cc1nn(Cc2c(N)cccc2Br)c(C)c1Br. The highest BCUT2D eigenvalue weighted by Crippen LogP contribution is 2.26. The molecule has 1 aromatic carbocycles. The predicted molar refractivity (Wildman–Crippen MR) is 77.1 cm³/mol. The summed E-state index contributed by atoms with van der Waals surface area (Å²) in [6, 6.07) is 5.83. The summed E-state index contributed by atoms with van der Waals surface area (Å²) in [5.74, 6) is 0. The van der Waals surface area contributed by atoms with Crippen LogP contribution in [0.4, 0.5) is 5.69 Å². The quantitative estimate of drug-likeness (QED) is 0.832. The van der Waals surface area contributed by atoms with Gasteiger partial charge in [-0.15, -0.1) is 0 Å². The third-order valence-electron chi connectivity index (χ3n) is 2.76. The average Bonchev–Trinajstić information content (AvgIpc) is 2.52. The Morgan fingerprint density at radius 2 is 2.00 bits per heavy atom. The molecule has 0 spiro atoms. The van der Waals surface area contributed by atoms with Crippen LogP contribution in [-0.4, -0.2) is 9.78 Å². The molecule has 2 aromatic rings. The van der Waals surface area contributed by atoms with Crippen LogP contribution in [0.15, 0.2) is 27.1 Å². The maximum atomic E-state index is 5.98. The van der Waals surface area contributed by atoms with E-state index in [9.17, 15) is 0 Å². The van der Waals surface area contributed by atoms with Crippen LogP contribution in [0.3, 0.4) is 0 Å². The van der Waals surface area contributed by atoms with E-state index in [0.717, 1.165) is 31.6 Å². The number of nitrogens with two attached hydrogens (primary N) is 1. The fourth-order valence-electron chi connectivity index (χ4n) is 1.72. The molecule has 5 heteroatoms. The van der Waals surface area contributed by atoms with Crippen molar-refractivity contribution < 1.29 is 0 Å². The molecule has 17 heavy (non-hydrogen) atoms. The van der Waals surface area contributed by atoms with E-state index in [1.807, 2.05) is 36.7 Å². The van der Waals surface area contributed by atoms with E-state index >= 15 is 0 Å². The highest BCUT2D eigenvalue weighted by molar-refractivity contribution is 9.10. The second-order valence-corrected chi connectivity index (χ2v) is 5.60. The van der Waals surface area contributed by atoms with Crippen molar-refractivity contribution in [2.45, 2.75) is 20.4 Å². The van der Waals surface area contributed by atoms with Gasteiger partial charge in [-0.2, -0.15) is 5.10 Å². The minimum Gasteiger partial charge on any atom is -0.398 e. The zero-order valence-electron chi connectivity index (χ0n) is 9.67. The Morgan fingerprint density at radius 1 is 1.29 bits per heavy atom. The molecule has 2 N–H and O–H groups in total. The number of aryl methyl sites for hydroxylation is 1. The Morgan fingerprint density at radius 3 is 2.53 bits per heavy atom. The number of anilines is 1. The highest BCUT2D eigenvalue weighted by Gasteiger charge is 2.11. The summed E-state index contributed by atoms with van der Waals surface area (Å²) >= 11 is 7.05. The lowest BCUT2D eigenvalue weighted by Crippen LogP contribution is -2.07. The van der Waals surface area contributed by atoms with Crippen LogP contribution >= 0.6 is 31.9 Å². The topological polar surface area (TPSA) is 43.8 Å². The van der Waals surface area contributed by atoms with Crippen molar-refractivity contribution in [1.82, 2.24) is 9.78 Å². The lowest BCUT2D eigenvalue weighted by molar-refractivity contribution is 0.658. The Kier molecular flexibility index (Phi) is 3.58. The van der Waals surface area contributed by atoms with E-state index < -0.39 is 0 Å². The van der Waals surface area contributed by atoms with Gasteiger partial charge in [-0.05, 0) is 41.9 Å². The van der Waals surface area contributed by atoms with Crippen LogP contribution in [0.25, 0.3) is 0 Å². The van der Waals surface area contributed by atoms with Crippen LogP contribution < -0.4 is 5.73 Å². The number of aromatic nitrogens is 2. The molecule has 1 heterocycles. The highest BCUT2D eigenvalue weighted by atomic mass is 79.9. The largest absolute Gasteiger partial charge is 0.398 e. The van der Waals surface area contributed by atoms with Crippen molar-refractivity contribution >= 4 is 37.5 Å². The number of halogens is 2. The van der Waals surface area contributed by atoms with Gasteiger partial charge >= 0.3 is 0 Å². The van der Waals surface area contributed by atoms with Crippen molar-refractivity contribution in [1.29, 1.82) is 0 Å². The molecule has 0 bridgehead atoms. The third kappa shape index (κ3) is 2.40. The number of rotatable bonds is 2. The van der Waals surface area contributed by atoms with Crippen LogP contribution in [0.1, 0.15) is 17.0 Å². The molecule has 0 unspecified atom stereocenters. The second-order valence-electron chi connectivity index (χ2n) is 3.95. The first-order valence-corrected chi connectivity index (χ1v) is 6.81. The van der Waals surface area contributed by atoms with Crippen LogP contribution in [0, 0.1) is 13.8 Å². The van der Waals surface area contributed by atoms with Crippen molar-refractivity contribution in [3.05, 3.63) is 44.1 Å². The van der Waals surface area contributed by atoms with E-state index in [1.54, 1.807) is 0 Å². The zero-order chi connectivity index (χ0) is 12.6. The van der Waals surface area contributed by atoms with Gasteiger partial charge in [-0.25, -0.2) is 0 Å². The molecule has 0 aliphatic heterocycles. The van der Waals surface area contributed by atoms with Gasteiger partial charge in [0.05, 0.1) is 22.4 Å². The summed E-state index contributed by atoms with van der Waals surface area (Å²) in [6.07, 6.45) is 0. The first-order valence-electron chi connectivity index (χ1n) is 5.23. The molecule has 2 rings (SSSR count). The van der Waals surface area contributed by atoms with Gasteiger partial charge < -0.3 is 5.73 Å². The standard InChI is InChI=1S/C12H13Br2N3/c1-7-12(14)8(2)17(16-7)6-9-10(13)4-3-5-11(9)15/h3-5H,6,15H2,1-2H3. The second kappa shape index (κ2) is 4.82. The number of nitrogen functional groups attached to an aromatic ring is 1. The Bertz CT molecular complexity index is 541. The van der Waals surface area contributed by atoms with Crippen molar-refractivity contribution in [2.24, 2.45) is 0 Å². The summed E-state index contributed by atoms with van der Waals surface area (Å²) < 4.78 is 4.03. The fourth-order valence-corrected chi connectivity index (χ4v) is 2.51. The lowest BCUT2D eigenvalue weighted by atomic mass is 10.2. The lowest BCUT2D eigenvalue weighted by Gasteiger charge is -2.09. The van der Waals surface area contributed by atoms with E-state index in [4.69, 9.17) is 5.73 Å². The monoisotopic (exact) mass is 357 g/mol. The maximum absolute atomic E-state index is 5.98. The Balaban J connectivity index is 2.41. The summed E-state index contributed by atoms with van der Waals surface area (Å²) in [5, 5.41) is 4.48. The number of nitrogens with zero attached hydrogens (tertiary/aromatic N) is 2. The molecule has 0 amide bonds. The molecule has 0 saturated carbocycles. The normalized spacial score (nSPS) is 10.8. The number of hydrogen-bond acceptors (Lipinski definition) is 2. The predicted octanol–water partition coefficient (Wildman–Crippen LogP) is 3.66. The molecule has 90 valence electrons. The Labute approximate surface area is 117 Å². The number of hydrogen-bond donors (Lipinski definition) is 1. The molecule has 0 fully saturated rings. The van der Waals surface area contributed by atoms with Gasteiger partial charge in [0, 0.05) is 15.7 Å². The summed E-state index contributed by atoms with van der Waals surface area (Å²) in [7, 11) is 0. The van der Waals surface area contributed by atoms with E-state index in [-0.39, 0.29) is 0 Å². The van der Waals surface area contributed by atoms with Gasteiger partial charge in [-0.1, -0.05) is 22.0 Å². The average molecular weight is 359 g/mol. The van der Waals surface area contributed by atoms with Gasteiger partial charge in [0.2, 0.25) is 0 Å². The third-order valence-corrected chi connectivity index (χ3v) is 4.65. The molecule has 0 atom stereocenters. The van der Waals surface area contributed by atoms with Crippen molar-refractivity contribution in [2.75, 3.05) is 5.73 Å². The molecule has 3 nitrogen and oxygen atoms in total. The summed E-state index contributed by atoms with van der Waals surface area (Å²) in [6.45, 7) is 4.69. The zero-order valence-corrected chi connectivity index (χ0v) is 12.8. The van der Waals surface area contributed by atoms with Gasteiger partial charge in [0.15, 0.2) is 0 Å². The first kappa shape index (κ1) is 12.6. The summed E-state index contributed by atoms with van der Waals surface area (Å²) in [4.78, 5) is 0. The molecular weight excluding hydrogens is 346 g/mol. The van der Waals surface area contributed by atoms with Crippen molar-refractivity contribution in [3.8, 4) is 0 Å². The first-order chi connectivity index (χ1) is 8.00. The van der Waals surface area contributed by atoms with E-state index in [0.29, 0.717) is 6.54 Å². The summed E-state index contributed by atoms with van der Waals surface area (Å²) in [5.41, 5.74) is 9.93. The fraction of sp³-hybridized carbons (Fsp3) is 0.250. The van der Waals surface area contributed by atoms with Gasteiger partial charge in [0.1, 0.15) is 0 Å². The van der Waals surface area contributed by atoms with Gasteiger partial charge in [-0.3, -0.25) is 4.68 Å². The molecule has 0 aliphatic carbocycles. The minimum atomic E-state index is 0.672. The molecule has 0 aliphatic rings. The maximum Gasteiger partial charge on any atom is 0.0738 e. The molecule has 0 radical (unpaired) electrons. The van der Waals surface area contributed by atoms with E-state index in [1.165, 1.54) is 0 Å². The van der Waals surface area contributed by atoms with Crippen LogP contribution in [0.5, 0.6) is 0 Å². The van der Waals surface area contributed by atoms with Crippen LogP contribution in [-0.2, 0) is 6.54 Å². The molecule has 1 aromatic heterocycles. The number of benzene rings is 1. The molecular formula is C12H13Br2N3. The minimum absolute atomic E-state index is 0.672. The Hall–Kier alpha value is -0.810. The van der Waals surface area contributed by atoms with Gasteiger partial charge in [0.25, 0.3) is 0 Å². The van der Waals surface area contributed by atoms with E-state index in [2.05, 4.69) is 37.0 Å². The smallest absolute Gasteiger partial charge is 0.0738 e.